The number of hydrogen-bond acceptors (Lipinski definition) is 5. The fourth-order valence-corrected chi connectivity index (χ4v) is 5.48. The molecule has 0 spiro atoms. The first-order chi connectivity index (χ1) is 14.7. The van der Waals surface area contributed by atoms with Crippen molar-refractivity contribution < 1.29 is 19.1 Å². The molecule has 4 rings (SSSR count). The maximum Gasteiger partial charge on any atom is 0.233 e. The molecule has 2 aliphatic heterocycles. The molecule has 1 aromatic rings. The van der Waals surface area contributed by atoms with Gasteiger partial charge in [0.2, 0.25) is 11.8 Å². The third kappa shape index (κ3) is 4.00. The van der Waals surface area contributed by atoms with Gasteiger partial charge in [-0.2, -0.15) is 0 Å². The lowest BCUT2D eigenvalue weighted by molar-refractivity contribution is -0.140. The van der Waals surface area contributed by atoms with Crippen molar-refractivity contribution in [1.82, 2.24) is 9.80 Å². The maximum absolute atomic E-state index is 12.5. The van der Waals surface area contributed by atoms with Gasteiger partial charge < -0.3 is 9.47 Å². The smallest absolute Gasteiger partial charge is 0.233 e. The molecule has 30 heavy (non-hydrogen) atoms. The van der Waals surface area contributed by atoms with Gasteiger partial charge in [0.15, 0.2) is 0 Å². The summed E-state index contributed by atoms with van der Waals surface area (Å²) in [6.45, 7) is 5.97. The number of likely N-dealkylation sites (tertiary alicyclic amines) is 1. The summed E-state index contributed by atoms with van der Waals surface area (Å²) in [5, 5.41) is 0. The van der Waals surface area contributed by atoms with Crippen LogP contribution in [0.15, 0.2) is 18.2 Å². The molecule has 3 unspecified atom stereocenters. The van der Waals surface area contributed by atoms with Crippen LogP contribution in [-0.4, -0.2) is 55.0 Å². The molecule has 1 aliphatic carbocycles. The van der Waals surface area contributed by atoms with Gasteiger partial charge in [0.1, 0.15) is 5.75 Å². The molecular formula is C24H34N2O4. The zero-order valence-electron chi connectivity index (χ0n) is 18.3. The maximum atomic E-state index is 12.5. The van der Waals surface area contributed by atoms with Crippen molar-refractivity contribution in [3.8, 4) is 5.75 Å². The Morgan fingerprint density at radius 3 is 2.60 bits per heavy atom. The first-order valence-electron chi connectivity index (χ1n) is 11.5. The highest BCUT2D eigenvalue weighted by Gasteiger charge is 2.49. The molecule has 0 aromatic heterocycles. The Balaban J connectivity index is 1.35. The molecule has 0 radical (unpaired) electrons. The van der Waals surface area contributed by atoms with E-state index in [0.29, 0.717) is 19.8 Å². The monoisotopic (exact) mass is 414 g/mol. The van der Waals surface area contributed by atoms with Crippen molar-refractivity contribution in [2.24, 2.45) is 11.8 Å². The van der Waals surface area contributed by atoms with Gasteiger partial charge in [-0.05, 0) is 56.8 Å². The average Bonchev–Trinajstić information content (AvgIpc) is 3.34. The van der Waals surface area contributed by atoms with E-state index in [1.54, 1.807) is 12.0 Å². The number of amides is 2. The summed E-state index contributed by atoms with van der Waals surface area (Å²) in [6, 6.07) is 6.46. The Kier molecular flexibility index (Phi) is 6.74. The lowest BCUT2D eigenvalue weighted by atomic mass is 9.96. The number of imide groups is 1. The lowest BCUT2D eigenvalue weighted by Gasteiger charge is -2.36. The van der Waals surface area contributed by atoms with E-state index in [2.05, 4.69) is 24.0 Å². The molecule has 0 N–H and O–H groups in total. The zero-order chi connectivity index (χ0) is 21.1. The predicted octanol–water partition coefficient (Wildman–Crippen LogP) is 3.54. The Bertz CT molecular complexity index is 758. The molecule has 3 atom stereocenters. The number of nitrogens with zero attached hydrogens (tertiary/aromatic N) is 2. The fourth-order valence-electron chi connectivity index (χ4n) is 5.48. The highest BCUT2D eigenvalue weighted by atomic mass is 16.5. The molecule has 2 fully saturated rings. The van der Waals surface area contributed by atoms with E-state index in [9.17, 15) is 9.59 Å². The lowest BCUT2D eigenvalue weighted by Crippen LogP contribution is -2.37. The summed E-state index contributed by atoms with van der Waals surface area (Å²) in [5.41, 5.74) is 2.45. The van der Waals surface area contributed by atoms with Crippen LogP contribution in [-0.2, 0) is 20.9 Å². The van der Waals surface area contributed by atoms with E-state index in [1.165, 1.54) is 5.56 Å². The van der Waals surface area contributed by atoms with E-state index < -0.39 is 0 Å². The topological polar surface area (TPSA) is 59.1 Å². The molecule has 6 nitrogen and oxygen atoms in total. The van der Waals surface area contributed by atoms with E-state index in [1.807, 2.05) is 6.07 Å². The molecular weight excluding hydrogens is 380 g/mol. The van der Waals surface area contributed by atoms with Gasteiger partial charge in [-0.15, -0.1) is 0 Å². The van der Waals surface area contributed by atoms with E-state index >= 15 is 0 Å². The second-order valence-corrected chi connectivity index (χ2v) is 8.77. The summed E-state index contributed by atoms with van der Waals surface area (Å²) in [5.74, 6) is 0.995. The van der Waals surface area contributed by atoms with Crippen molar-refractivity contribution in [2.75, 3.05) is 33.4 Å². The van der Waals surface area contributed by atoms with Crippen molar-refractivity contribution in [2.45, 2.75) is 58.1 Å². The summed E-state index contributed by atoms with van der Waals surface area (Å²) < 4.78 is 11.5. The Hall–Kier alpha value is -1.92. The van der Waals surface area contributed by atoms with Gasteiger partial charge in [-0.25, -0.2) is 0 Å². The van der Waals surface area contributed by atoms with Gasteiger partial charge in [0.05, 0.1) is 38.2 Å². The molecule has 2 heterocycles. The van der Waals surface area contributed by atoms with Gasteiger partial charge in [0.25, 0.3) is 0 Å². The minimum Gasteiger partial charge on any atom is -0.496 e. The average molecular weight is 415 g/mol. The molecule has 1 saturated carbocycles. The van der Waals surface area contributed by atoms with Gasteiger partial charge in [-0.1, -0.05) is 25.5 Å². The predicted molar refractivity (Wildman–Crippen MR) is 114 cm³/mol. The molecule has 2 amide bonds. The van der Waals surface area contributed by atoms with Crippen LogP contribution in [0.5, 0.6) is 5.75 Å². The van der Waals surface area contributed by atoms with Crippen molar-refractivity contribution >= 4 is 11.8 Å². The Morgan fingerprint density at radius 1 is 1.13 bits per heavy atom. The summed E-state index contributed by atoms with van der Waals surface area (Å²) in [4.78, 5) is 29.1. The molecule has 164 valence electrons. The Morgan fingerprint density at radius 2 is 1.90 bits per heavy atom. The summed E-state index contributed by atoms with van der Waals surface area (Å²) >= 11 is 0. The van der Waals surface area contributed by atoms with E-state index in [0.717, 1.165) is 62.9 Å². The third-order valence-electron chi connectivity index (χ3n) is 6.98. The van der Waals surface area contributed by atoms with Crippen LogP contribution >= 0.6 is 0 Å². The summed E-state index contributed by atoms with van der Waals surface area (Å²) in [7, 11) is 1.71. The van der Waals surface area contributed by atoms with Gasteiger partial charge >= 0.3 is 0 Å². The minimum absolute atomic E-state index is 0.0278. The highest BCUT2D eigenvalue weighted by Crippen LogP contribution is 2.40. The fraction of sp³-hybridized carbons (Fsp3) is 0.667. The van der Waals surface area contributed by atoms with Crippen LogP contribution in [0.1, 0.15) is 62.6 Å². The van der Waals surface area contributed by atoms with E-state index in [-0.39, 0.29) is 29.7 Å². The SMILES string of the molecule is CCCN(CCCCN1C(=O)C2CCCC2C1=O)C1COCc2c(OC)cccc21. The number of fused-ring (bicyclic) bond motifs is 2. The van der Waals surface area contributed by atoms with Crippen LogP contribution in [0, 0.1) is 11.8 Å². The number of unbranched alkanes of at least 4 members (excludes halogenated alkanes) is 1. The van der Waals surface area contributed by atoms with Gasteiger partial charge in [-0.3, -0.25) is 19.4 Å². The second kappa shape index (κ2) is 9.48. The van der Waals surface area contributed by atoms with Crippen LogP contribution in [0.3, 0.4) is 0 Å². The largest absolute Gasteiger partial charge is 0.496 e. The van der Waals surface area contributed by atoms with Crippen molar-refractivity contribution in [1.29, 1.82) is 0 Å². The number of carbonyl (C=O) groups is 2. The number of hydrogen-bond donors (Lipinski definition) is 0. The second-order valence-electron chi connectivity index (χ2n) is 8.77. The third-order valence-corrected chi connectivity index (χ3v) is 6.98. The molecule has 1 aromatic carbocycles. The normalized spacial score (nSPS) is 25.7. The van der Waals surface area contributed by atoms with Gasteiger partial charge in [0, 0.05) is 12.1 Å². The Labute approximate surface area is 179 Å². The summed E-state index contributed by atoms with van der Waals surface area (Å²) in [6.07, 6.45) is 5.68. The molecule has 3 aliphatic rings. The van der Waals surface area contributed by atoms with Crippen LogP contribution in [0.2, 0.25) is 0 Å². The van der Waals surface area contributed by atoms with Crippen LogP contribution in [0.25, 0.3) is 0 Å². The first-order valence-corrected chi connectivity index (χ1v) is 11.5. The molecule has 0 bridgehead atoms. The highest BCUT2D eigenvalue weighted by molar-refractivity contribution is 6.05. The number of benzene rings is 1. The van der Waals surface area contributed by atoms with E-state index in [4.69, 9.17) is 9.47 Å². The number of methoxy groups -OCH3 is 1. The number of ether oxygens (including phenoxy) is 2. The minimum atomic E-state index is -0.0278. The quantitative estimate of drug-likeness (QED) is 0.457. The first kappa shape index (κ1) is 21.3. The standard InChI is InChI=1S/C24H34N2O4/c1-3-12-25(21-16-30-15-20-17(21)8-7-11-22(20)29-2)13-4-5-14-26-23(27)18-9-6-10-19(18)24(26)28/h7-8,11,18-19,21H,3-6,9-10,12-16H2,1-2H3. The zero-order valence-corrected chi connectivity index (χ0v) is 18.3. The van der Waals surface area contributed by atoms with Crippen molar-refractivity contribution in [3.63, 3.8) is 0 Å². The van der Waals surface area contributed by atoms with Crippen molar-refractivity contribution in [3.05, 3.63) is 29.3 Å². The van der Waals surface area contributed by atoms with Crippen LogP contribution in [0.4, 0.5) is 0 Å². The van der Waals surface area contributed by atoms with Crippen LogP contribution < -0.4 is 4.74 Å². The molecule has 6 heteroatoms. The number of carbonyl (C=O) groups excluding carboxylic acids is 2. The molecule has 1 saturated heterocycles. The number of rotatable bonds is 9.